The van der Waals surface area contributed by atoms with Crippen LogP contribution in [0.15, 0.2) is 36.4 Å². The first-order chi connectivity index (χ1) is 13.2. The minimum absolute atomic E-state index is 0.0865. The first kappa shape index (κ1) is 20.1. The van der Waals surface area contributed by atoms with Crippen LogP contribution in [-0.2, 0) is 21.6 Å². The molecule has 0 radical (unpaired) electrons. The number of nitrogens with zero attached hydrogens (tertiary/aromatic N) is 1. The van der Waals surface area contributed by atoms with E-state index in [2.05, 4.69) is 46.8 Å². The molecule has 4 heteroatoms. The zero-order valence-corrected chi connectivity index (χ0v) is 17.5. The first-order valence-electron chi connectivity index (χ1n) is 9.85. The largest absolute Gasteiger partial charge is 0.457 e. The van der Waals surface area contributed by atoms with Crippen LogP contribution in [0.5, 0.6) is 0 Å². The fourth-order valence-electron chi connectivity index (χ4n) is 3.57. The molecule has 2 aromatic carbocycles. The van der Waals surface area contributed by atoms with E-state index in [9.17, 15) is 9.59 Å². The molecule has 4 nitrogen and oxygen atoms in total. The monoisotopic (exact) mass is 379 g/mol. The summed E-state index contributed by atoms with van der Waals surface area (Å²) in [7, 11) is 0. The van der Waals surface area contributed by atoms with Gasteiger partial charge in [-0.2, -0.15) is 0 Å². The van der Waals surface area contributed by atoms with Gasteiger partial charge in [0.05, 0.1) is 5.56 Å². The van der Waals surface area contributed by atoms with Crippen molar-refractivity contribution < 1.29 is 14.3 Å². The molecule has 28 heavy (non-hydrogen) atoms. The Morgan fingerprint density at radius 1 is 1.07 bits per heavy atom. The molecule has 2 aromatic rings. The van der Waals surface area contributed by atoms with Crippen LogP contribution in [0.3, 0.4) is 0 Å². The molecule has 1 aliphatic rings. The average Bonchev–Trinajstić information content (AvgIpc) is 3.06. The maximum Gasteiger partial charge on any atom is 0.338 e. The van der Waals surface area contributed by atoms with Gasteiger partial charge in [-0.3, -0.25) is 4.79 Å². The lowest BCUT2D eigenvalue weighted by atomic mass is 9.84. The summed E-state index contributed by atoms with van der Waals surface area (Å²) in [6, 6.07) is 11.4. The summed E-state index contributed by atoms with van der Waals surface area (Å²) in [5, 5.41) is 0. The van der Waals surface area contributed by atoms with Gasteiger partial charge in [0, 0.05) is 18.7 Å². The topological polar surface area (TPSA) is 46.6 Å². The van der Waals surface area contributed by atoms with Crippen molar-refractivity contribution in [3.05, 3.63) is 64.2 Å². The van der Waals surface area contributed by atoms with Gasteiger partial charge in [0.1, 0.15) is 6.61 Å². The second-order valence-electron chi connectivity index (χ2n) is 8.61. The Hall–Kier alpha value is -2.62. The molecule has 0 N–H and O–H groups in total. The number of amides is 1. The average molecular weight is 380 g/mol. The highest BCUT2D eigenvalue weighted by Crippen LogP contribution is 2.27. The number of aryl methyl sites for hydroxylation is 2. The highest BCUT2D eigenvalue weighted by Gasteiger charge is 2.22. The summed E-state index contributed by atoms with van der Waals surface area (Å²) >= 11 is 0. The Balaban J connectivity index is 1.68. The number of carbonyl (C=O) groups is 2. The molecule has 0 spiro atoms. The van der Waals surface area contributed by atoms with Crippen LogP contribution in [-0.4, -0.2) is 18.4 Å². The zero-order chi connectivity index (χ0) is 20.5. The van der Waals surface area contributed by atoms with Crippen molar-refractivity contribution in [3.63, 3.8) is 0 Å². The highest BCUT2D eigenvalue weighted by atomic mass is 16.5. The van der Waals surface area contributed by atoms with Gasteiger partial charge < -0.3 is 9.64 Å². The van der Waals surface area contributed by atoms with Gasteiger partial charge in [0.15, 0.2) is 0 Å². The van der Waals surface area contributed by atoms with Crippen molar-refractivity contribution in [2.75, 3.05) is 11.4 Å². The van der Waals surface area contributed by atoms with Crippen LogP contribution in [0.4, 0.5) is 5.69 Å². The second kappa shape index (κ2) is 7.78. The molecule has 0 bridgehead atoms. The van der Waals surface area contributed by atoms with E-state index >= 15 is 0 Å². The summed E-state index contributed by atoms with van der Waals surface area (Å²) in [4.78, 5) is 26.1. The number of ether oxygens (including phenoxy) is 1. The zero-order valence-electron chi connectivity index (χ0n) is 17.5. The Morgan fingerprint density at radius 3 is 2.18 bits per heavy atom. The molecule has 1 aliphatic heterocycles. The third-order valence-electron chi connectivity index (χ3n) is 5.40. The summed E-state index contributed by atoms with van der Waals surface area (Å²) in [6.07, 6.45) is 1.48. The van der Waals surface area contributed by atoms with Crippen molar-refractivity contribution in [3.8, 4) is 0 Å². The van der Waals surface area contributed by atoms with Crippen LogP contribution in [0, 0.1) is 13.8 Å². The van der Waals surface area contributed by atoms with Crippen molar-refractivity contribution in [1.82, 2.24) is 0 Å². The Labute approximate surface area is 167 Å². The van der Waals surface area contributed by atoms with E-state index < -0.39 is 0 Å². The maximum atomic E-state index is 12.5. The van der Waals surface area contributed by atoms with Gasteiger partial charge >= 0.3 is 5.97 Å². The molecule has 1 heterocycles. The standard InChI is InChI=1S/C24H29NO3/c1-16-13-19(24(3,4)5)14-17(2)21(16)15-28-23(27)18-8-10-20(11-9-18)25-12-6-7-22(25)26/h8-11,13-14H,6-7,12,15H2,1-5H3. The number of carbonyl (C=O) groups excluding carboxylic acids is 2. The Kier molecular flexibility index (Phi) is 5.59. The number of rotatable bonds is 4. The lowest BCUT2D eigenvalue weighted by Crippen LogP contribution is -2.23. The van der Waals surface area contributed by atoms with Crippen LogP contribution >= 0.6 is 0 Å². The molecule has 1 fully saturated rings. The smallest absolute Gasteiger partial charge is 0.338 e. The van der Waals surface area contributed by atoms with Crippen molar-refractivity contribution in [2.24, 2.45) is 0 Å². The number of benzene rings is 2. The molecule has 0 atom stereocenters. The summed E-state index contributed by atoms with van der Waals surface area (Å²) in [5.74, 6) is -0.210. The van der Waals surface area contributed by atoms with E-state index in [4.69, 9.17) is 4.74 Å². The molecule has 3 rings (SSSR count). The van der Waals surface area contributed by atoms with Crippen molar-refractivity contribution in [1.29, 1.82) is 0 Å². The third kappa shape index (κ3) is 4.27. The number of anilines is 1. The van der Waals surface area contributed by atoms with Crippen LogP contribution in [0.1, 0.15) is 66.2 Å². The summed E-state index contributed by atoms with van der Waals surface area (Å²) < 4.78 is 5.57. The molecule has 148 valence electrons. The van der Waals surface area contributed by atoms with E-state index in [-0.39, 0.29) is 23.9 Å². The van der Waals surface area contributed by atoms with E-state index in [0.717, 1.165) is 35.3 Å². The maximum absolute atomic E-state index is 12.5. The van der Waals surface area contributed by atoms with Crippen molar-refractivity contribution in [2.45, 2.75) is 59.5 Å². The van der Waals surface area contributed by atoms with Crippen LogP contribution < -0.4 is 4.90 Å². The Morgan fingerprint density at radius 2 is 1.68 bits per heavy atom. The number of hydrogen-bond donors (Lipinski definition) is 0. The fourth-order valence-corrected chi connectivity index (χ4v) is 3.57. The minimum Gasteiger partial charge on any atom is -0.457 e. The van der Waals surface area contributed by atoms with E-state index in [1.165, 1.54) is 5.56 Å². The number of hydrogen-bond acceptors (Lipinski definition) is 3. The van der Waals surface area contributed by atoms with E-state index in [0.29, 0.717) is 12.0 Å². The van der Waals surface area contributed by atoms with Gasteiger partial charge in [-0.15, -0.1) is 0 Å². The fraction of sp³-hybridized carbons (Fsp3) is 0.417. The van der Waals surface area contributed by atoms with Crippen LogP contribution in [0.25, 0.3) is 0 Å². The van der Waals surface area contributed by atoms with E-state index in [1.54, 1.807) is 17.0 Å². The minimum atomic E-state index is -0.349. The summed E-state index contributed by atoms with van der Waals surface area (Å²) in [5.41, 5.74) is 6.04. The first-order valence-corrected chi connectivity index (χ1v) is 9.85. The predicted octanol–water partition coefficient (Wildman–Crippen LogP) is 5.08. The van der Waals surface area contributed by atoms with Gasteiger partial charge in [0.2, 0.25) is 5.91 Å². The molecule has 0 saturated carbocycles. The second-order valence-corrected chi connectivity index (χ2v) is 8.61. The molecular formula is C24H29NO3. The quantitative estimate of drug-likeness (QED) is 0.696. The normalized spacial score (nSPS) is 14.5. The SMILES string of the molecule is Cc1cc(C(C)(C)C)cc(C)c1COC(=O)c1ccc(N2CCCC2=O)cc1. The van der Waals surface area contributed by atoms with Gasteiger partial charge in [0.25, 0.3) is 0 Å². The molecule has 0 aromatic heterocycles. The van der Waals surface area contributed by atoms with Gasteiger partial charge in [-0.05, 0) is 72.2 Å². The van der Waals surface area contributed by atoms with Crippen molar-refractivity contribution >= 4 is 17.6 Å². The van der Waals surface area contributed by atoms with Crippen LogP contribution in [0.2, 0.25) is 0 Å². The number of esters is 1. The lowest BCUT2D eigenvalue weighted by Gasteiger charge is -2.22. The lowest BCUT2D eigenvalue weighted by molar-refractivity contribution is -0.117. The Bertz CT molecular complexity index is 868. The molecule has 1 amide bonds. The summed E-state index contributed by atoms with van der Waals surface area (Å²) in [6.45, 7) is 11.7. The van der Waals surface area contributed by atoms with E-state index in [1.807, 2.05) is 12.1 Å². The molecule has 0 aliphatic carbocycles. The molecule has 1 saturated heterocycles. The molecular weight excluding hydrogens is 350 g/mol. The van der Waals surface area contributed by atoms with Gasteiger partial charge in [-0.1, -0.05) is 32.9 Å². The molecule has 0 unspecified atom stereocenters. The van der Waals surface area contributed by atoms with Gasteiger partial charge in [-0.25, -0.2) is 4.79 Å². The highest BCUT2D eigenvalue weighted by molar-refractivity contribution is 5.96. The third-order valence-corrected chi connectivity index (χ3v) is 5.40. The predicted molar refractivity (Wildman–Crippen MR) is 112 cm³/mol.